The molecule has 0 saturated heterocycles. The fourth-order valence-electron chi connectivity index (χ4n) is 1.23. The molecule has 0 aliphatic rings. The molecule has 0 unspecified atom stereocenters. The van der Waals surface area contributed by atoms with Crippen LogP contribution in [0.4, 0.5) is 5.82 Å². The van der Waals surface area contributed by atoms with Crippen LogP contribution in [-0.2, 0) is 6.42 Å². The van der Waals surface area contributed by atoms with Gasteiger partial charge in [0, 0.05) is 29.8 Å². The van der Waals surface area contributed by atoms with Gasteiger partial charge in [-0.05, 0) is 12.1 Å². The minimum Gasteiger partial charge on any atom is -0.384 e. The Morgan fingerprint density at radius 2 is 2.00 bits per heavy atom. The Bertz CT molecular complexity index is 473. The van der Waals surface area contributed by atoms with Crippen LogP contribution in [0.3, 0.4) is 0 Å². The fourth-order valence-corrected chi connectivity index (χ4v) is 2.06. The molecule has 0 fully saturated rings. The van der Waals surface area contributed by atoms with Crippen LogP contribution in [0.1, 0.15) is 12.7 Å². The van der Waals surface area contributed by atoms with E-state index < -0.39 is 0 Å². The molecule has 5 heteroatoms. The minimum absolute atomic E-state index is 0.517. The molecule has 0 bridgehead atoms. The molecule has 0 spiro atoms. The van der Waals surface area contributed by atoms with Crippen molar-refractivity contribution in [1.82, 2.24) is 15.0 Å². The summed E-state index contributed by atoms with van der Waals surface area (Å²) in [5.74, 6) is 1.29. The number of hydrogen-bond acceptors (Lipinski definition) is 5. The predicted molar refractivity (Wildman–Crippen MR) is 64.2 cm³/mol. The van der Waals surface area contributed by atoms with E-state index in [1.54, 1.807) is 30.2 Å². The number of rotatable bonds is 3. The zero-order valence-corrected chi connectivity index (χ0v) is 9.74. The molecule has 2 aromatic heterocycles. The van der Waals surface area contributed by atoms with Crippen LogP contribution >= 0.6 is 11.8 Å². The normalized spacial score (nSPS) is 10.3. The number of nitrogens with two attached hydrogens (primary N) is 1. The first-order chi connectivity index (χ1) is 7.78. The van der Waals surface area contributed by atoms with Gasteiger partial charge in [0.2, 0.25) is 0 Å². The van der Waals surface area contributed by atoms with Crippen molar-refractivity contribution in [1.29, 1.82) is 0 Å². The van der Waals surface area contributed by atoms with E-state index in [0.717, 1.165) is 22.2 Å². The molecule has 82 valence electrons. The third-order valence-corrected chi connectivity index (χ3v) is 2.88. The molecule has 0 aromatic carbocycles. The molecule has 16 heavy (non-hydrogen) atoms. The van der Waals surface area contributed by atoms with Crippen molar-refractivity contribution in [2.24, 2.45) is 0 Å². The molecule has 2 rings (SSSR count). The zero-order chi connectivity index (χ0) is 11.4. The second kappa shape index (κ2) is 4.94. The lowest BCUT2D eigenvalue weighted by Gasteiger charge is -2.03. The Labute approximate surface area is 98.3 Å². The van der Waals surface area contributed by atoms with E-state index in [2.05, 4.69) is 15.0 Å². The first kappa shape index (κ1) is 10.9. The summed E-state index contributed by atoms with van der Waals surface area (Å²) in [6.45, 7) is 2.01. The average Bonchev–Trinajstić information content (AvgIpc) is 2.29. The van der Waals surface area contributed by atoms with E-state index in [1.807, 2.05) is 19.1 Å². The SMILES string of the molecule is CCc1nc(N)cc(Sc2ccncc2)n1. The number of hydrogen-bond donors (Lipinski definition) is 1. The number of nitrogen functional groups attached to an aromatic ring is 1. The van der Waals surface area contributed by atoms with Crippen LogP contribution in [-0.4, -0.2) is 15.0 Å². The Hall–Kier alpha value is -1.62. The highest BCUT2D eigenvalue weighted by Crippen LogP contribution is 2.26. The van der Waals surface area contributed by atoms with Gasteiger partial charge in [0.15, 0.2) is 0 Å². The second-order valence-corrected chi connectivity index (χ2v) is 4.28. The van der Waals surface area contributed by atoms with Crippen molar-refractivity contribution in [2.75, 3.05) is 5.73 Å². The summed E-state index contributed by atoms with van der Waals surface area (Å²) in [6, 6.07) is 5.66. The summed E-state index contributed by atoms with van der Waals surface area (Å²) in [7, 11) is 0. The molecule has 2 N–H and O–H groups in total. The minimum atomic E-state index is 0.517. The molecule has 0 atom stereocenters. The highest BCUT2D eigenvalue weighted by atomic mass is 32.2. The van der Waals surface area contributed by atoms with Crippen molar-refractivity contribution < 1.29 is 0 Å². The van der Waals surface area contributed by atoms with E-state index in [-0.39, 0.29) is 0 Å². The molecule has 0 aliphatic carbocycles. The summed E-state index contributed by atoms with van der Waals surface area (Å²) < 4.78 is 0. The summed E-state index contributed by atoms with van der Waals surface area (Å²) >= 11 is 1.56. The first-order valence-electron chi connectivity index (χ1n) is 4.99. The molecular formula is C11H12N4S. The molecule has 0 saturated carbocycles. The van der Waals surface area contributed by atoms with Crippen LogP contribution in [0.5, 0.6) is 0 Å². The van der Waals surface area contributed by atoms with Gasteiger partial charge in [-0.15, -0.1) is 0 Å². The Balaban J connectivity index is 2.24. The summed E-state index contributed by atoms with van der Waals surface area (Å²) in [5, 5.41) is 0.871. The highest BCUT2D eigenvalue weighted by Gasteiger charge is 2.03. The van der Waals surface area contributed by atoms with Crippen molar-refractivity contribution in [3.8, 4) is 0 Å². The largest absolute Gasteiger partial charge is 0.384 e. The van der Waals surface area contributed by atoms with Crippen LogP contribution in [0.2, 0.25) is 0 Å². The number of anilines is 1. The standard InChI is InChI=1S/C11H12N4S/c1-2-10-14-9(12)7-11(15-10)16-8-3-5-13-6-4-8/h3-7H,2H2,1H3,(H2,12,14,15). The number of nitrogens with zero attached hydrogens (tertiary/aromatic N) is 3. The quantitative estimate of drug-likeness (QED) is 0.821. The second-order valence-electron chi connectivity index (χ2n) is 3.19. The van der Waals surface area contributed by atoms with E-state index in [1.165, 1.54) is 0 Å². The van der Waals surface area contributed by atoms with Gasteiger partial charge >= 0.3 is 0 Å². The van der Waals surface area contributed by atoms with Crippen LogP contribution in [0.15, 0.2) is 40.5 Å². The molecule has 0 amide bonds. The number of aromatic nitrogens is 3. The zero-order valence-electron chi connectivity index (χ0n) is 8.92. The lowest BCUT2D eigenvalue weighted by atomic mass is 10.4. The van der Waals surface area contributed by atoms with E-state index in [9.17, 15) is 0 Å². The fraction of sp³-hybridized carbons (Fsp3) is 0.182. The van der Waals surface area contributed by atoms with E-state index >= 15 is 0 Å². The summed E-state index contributed by atoms with van der Waals surface area (Å²) in [4.78, 5) is 13.6. The molecule has 0 radical (unpaired) electrons. The predicted octanol–water partition coefficient (Wildman–Crippen LogP) is 2.17. The Morgan fingerprint density at radius 1 is 1.25 bits per heavy atom. The van der Waals surface area contributed by atoms with Gasteiger partial charge in [-0.2, -0.15) is 0 Å². The first-order valence-corrected chi connectivity index (χ1v) is 5.81. The van der Waals surface area contributed by atoms with Gasteiger partial charge < -0.3 is 5.73 Å². The van der Waals surface area contributed by atoms with Gasteiger partial charge in [-0.3, -0.25) is 4.98 Å². The maximum atomic E-state index is 5.71. The Kier molecular flexibility index (Phi) is 3.36. The number of aryl methyl sites for hydroxylation is 1. The lowest BCUT2D eigenvalue weighted by molar-refractivity contribution is 0.894. The van der Waals surface area contributed by atoms with Crippen molar-refractivity contribution in [3.05, 3.63) is 36.4 Å². The van der Waals surface area contributed by atoms with Crippen LogP contribution in [0, 0.1) is 0 Å². The summed E-state index contributed by atoms with van der Waals surface area (Å²) in [6.07, 6.45) is 4.30. The lowest BCUT2D eigenvalue weighted by Crippen LogP contribution is -1.99. The smallest absolute Gasteiger partial charge is 0.131 e. The van der Waals surface area contributed by atoms with Gasteiger partial charge in [-0.1, -0.05) is 18.7 Å². The van der Waals surface area contributed by atoms with Crippen LogP contribution < -0.4 is 5.73 Å². The van der Waals surface area contributed by atoms with Gasteiger partial charge in [0.25, 0.3) is 0 Å². The van der Waals surface area contributed by atoms with Crippen LogP contribution in [0.25, 0.3) is 0 Å². The maximum Gasteiger partial charge on any atom is 0.131 e. The van der Waals surface area contributed by atoms with Crippen molar-refractivity contribution in [3.63, 3.8) is 0 Å². The number of pyridine rings is 1. The van der Waals surface area contributed by atoms with Gasteiger partial charge in [0.1, 0.15) is 16.7 Å². The van der Waals surface area contributed by atoms with Gasteiger partial charge in [-0.25, -0.2) is 9.97 Å². The molecular weight excluding hydrogens is 220 g/mol. The molecule has 2 aromatic rings. The average molecular weight is 232 g/mol. The summed E-state index contributed by atoms with van der Waals surface area (Å²) in [5.41, 5.74) is 5.71. The molecule has 0 aliphatic heterocycles. The molecule has 2 heterocycles. The van der Waals surface area contributed by atoms with E-state index in [0.29, 0.717) is 5.82 Å². The van der Waals surface area contributed by atoms with Crippen molar-refractivity contribution in [2.45, 2.75) is 23.3 Å². The molecule has 4 nitrogen and oxygen atoms in total. The van der Waals surface area contributed by atoms with Crippen molar-refractivity contribution >= 4 is 17.6 Å². The Morgan fingerprint density at radius 3 is 2.69 bits per heavy atom. The van der Waals surface area contributed by atoms with E-state index in [4.69, 9.17) is 5.73 Å². The third kappa shape index (κ3) is 2.70. The monoisotopic (exact) mass is 232 g/mol. The van der Waals surface area contributed by atoms with Gasteiger partial charge in [0.05, 0.1) is 0 Å². The third-order valence-electron chi connectivity index (χ3n) is 1.96. The topological polar surface area (TPSA) is 64.7 Å². The highest BCUT2D eigenvalue weighted by molar-refractivity contribution is 7.99. The maximum absolute atomic E-state index is 5.71.